The van der Waals surface area contributed by atoms with Crippen LogP contribution in [-0.4, -0.2) is 46.5 Å². The number of fused-ring (bicyclic) bond motifs is 5. The fourth-order valence-corrected chi connectivity index (χ4v) is 6.03. The third-order valence-electron chi connectivity index (χ3n) is 7.73. The van der Waals surface area contributed by atoms with Gasteiger partial charge >= 0.3 is 5.97 Å². The van der Waals surface area contributed by atoms with Gasteiger partial charge in [-0.05, 0) is 42.2 Å². The van der Waals surface area contributed by atoms with E-state index in [1.54, 1.807) is 18.2 Å². The van der Waals surface area contributed by atoms with Crippen LogP contribution < -0.4 is 20.1 Å². The Labute approximate surface area is 206 Å². The maximum Gasteiger partial charge on any atom is 0.303 e. The SMILES string of the molecule is CCc1ccc2c(c1)[C@@]1(N[C@H](CCC(=O)O)[C@H]3C(=O)N(Cc4ccc5c(c4)OCO5)C(=O)[C@H]31)C(=O)N2. The van der Waals surface area contributed by atoms with E-state index >= 15 is 0 Å². The number of benzene rings is 2. The summed E-state index contributed by atoms with van der Waals surface area (Å²) in [5.74, 6) is -2.96. The number of carbonyl (C=O) groups is 4. The molecule has 4 heterocycles. The van der Waals surface area contributed by atoms with Gasteiger partial charge in [0.25, 0.3) is 0 Å². The van der Waals surface area contributed by atoms with E-state index in [9.17, 15) is 24.3 Å². The van der Waals surface area contributed by atoms with Crippen LogP contribution >= 0.6 is 0 Å². The van der Waals surface area contributed by atoms with Crippen molar-refractivity contribution in [2.45, 2.75) is 44.3 Å². The van der Waals surface area contributed by atoms with Gasteiger partial charge in [0.05, 0.1) is 18.4 Å². The molecule has 0 aliphatic carbocycles. The maximum atomic E-state index is 13.9. The van der Waals surface area contributed by atoms with Crippen molar-refractivity contribution in [1.82, 2.24) is 10.2 Å². The molecule has 2 aromatic carbocycles. The van der Waals surface area contributed by atoms with Gasteiger partial charge in [-0.1, -0.05) is 25.1 Å². The number of aryl methyl sites for hydroxylation is 1. The van der Waals surface area contributed by atoms with Gasteiger partial charge in [-0.3, -0.25) is 29.4 Å². The Balaban J connectivity index is 1.41. The first-order chi connectivity index (χ1) is 17.3. The molecule has 2 saturated heterocycles. The quantitative estimate of drug-likeness (QED) is 0.521. The topological polar surface area (TPSA) is 134 Å². The van der Waals surface area contributed by atoms with Crippen LogP contribution in [0.4, 0.5) is 5.69 Å². The molecule has 3 N–H and O–H groups in total. The Morgan fingerprint density at radius 3 is 2.64 bits per heavy atom. The molecule has 4 aliphatic heterocycles. The number of hydrogen-bond acceptors (Lipinski definition) is 7. The van der Waals surface area contributed by atoms with Crippen LogP contribution in [0.1, 0.15) is 36.5 Å². The fraction of sp³-hybridized carbons (Fsp3) is 0.385. The Morgan fingerprint density at radius 2 is 1.86 bits per heavy atom. The molecule has 4 aliphatic rings. The number of rotatable bonds is 6. The molecule has 2 aromatic rings. The molecule has 0 saturated carbocycles. The predicted molar refractivity (Wildman–Crippen MR) is 125 cm³/mol. The van der Waals surface area contributed by atoms with Crippen molar-refractivity contribution < 1.29 is 33.8 Å². The molecule has 0 unspecified atom stereocenters. The summed E-state index contributed by atoms with van der Waals surface area (Å²) in [5.41, 5.74) is 1.47. The third-order valence-corrected chi connectivity index (χ3v) is 7.73. The molecule has 0 bridgehead atoms. The standard InChI is InChI=1S/C26H25N3O7/c1-2-13-3-5-16-15(9-13)26(25(34)27-16)22-21(17(28-26)6-8-20(30)31)23(32)29(24(22)33)11-14-4-7-18-19(10-14)36-12-35-18/h3-5,7,9-10,17,21-22,28H,2,6,8,11-12H2,1H3,(H,27,34)(H,30,31)/t17-,21-,22+,26+/m1/s1. The second-order valence-corrected chi connectivity index (χ2v) is 9.63. The highest BCUT2D eigenvalue weighted by Gasteiger charge is 2.70. The van der Waals surface area contributed by atoms with Gasteiger partial charge in [-0.15, -0.1) is 0 Å². The maximum absolute atomic E-state index is 13.9. The van der Waals surface area contributed by atoms with E-state index in [4.69, 9.17) is 9.47 Å². The average molecular weight is 492 g/mol. The van der Waals surface area contributed by atoms with Crippen molar-refractivity contribution in [3.63, 3.8) is 0 Å². The summed E-state index contributed by atoms with van der Waals surface area (Å²) in [5, 5.41) is 15.5. The van der Waals surface area contributed by atoms with Gasteiger partial charge in [0.2, 0.25) is 24.5 Å². The minimum atomic E-state index is -1.44. The Morgan fingerprint density at radius 1 is 1.08 bits per heavy atom. The number of aliphatic carboxylic acids is 1. The lowest BCUT2D eigenvalue weighted by Gasteiger charge is -2.29. The molecule has 186 valence electrons. The molecule has 36 heavy (non-hydrogen) atoms. The number of likely N-dealkylation sites (tertiary alicyclic amines) is 1. The van der Waals surface area contributed by atoms with Gasteiger partial charge in [0, 0.05) is 23.7 Å². The number of carboxylic acids is 1. The summed E-state index contributed by atoms with van der Waals surface area (Å²) in [7, 11) is 0. The van der Waals surface area contributed by atoms with Crippen LogP contribution in [0.15, 0.2) is 36.4 Å². The highest BCUT2D eigenvalue weighted by atomic mass is 16.7. The third kappa shape index (κ3) is 3.13. The van der Waals surface area contributed by atoms with Crippen molar-refractivity contribution in [3.8, 4) is 11.5 Å². The number of carbonyl (C=O) groups excluding carboxylic acids is 3. The number of hydrogen-bond donors (Lipinski definition) is 3. The van der Waals surface area contributed by atoms with E-state index in [2.05, 4.69) is 10.6 Å². The van der Waals surface area contributed by atoms with Gasteiger partial charge in [0.1, 0.15) is 5.54 Å². The van der Waals surface area contributed by atoms with Crippen LogP contribution in [0.2, 0.25) is 0 Å². The monoisotopic (exact) mass is 491 g/mol. The number of anilines is 1. The van der Waals surface area contributed by atoms with Crippen LogP contribution in [-0.2, 0) is 37.7 Å². The van der Waals surface area contributed by atoms with E-state index in [0.717, 1.165) is 12.0 Å². The largest absolute Gasteiger partial charge is 0.481 e. The number of nitrogens with one attached hydrogen (secondary N) is 2. The summed E-state index contributed by atoms with van der Waals surface area (Å²) >= 11 is 0. The molecule has 0 radical (unpaired) electrons. The smallest absolute Gasteiger partial charge is 0.303 e. The summed E-state index contributed by atoms with van der Waals surface area (Å²) in [4.78, 5) is 53.7. The minimum absolute atomic E-state index is 0.0204. The number of carboxylic acid groups (broad SMARTS) is 1. The zero-order valence-corrected chi connectivity index (χ0v) is 19.6. The van der Waals surface area contributed by atoms with Crippen LogP contribution in [0.3, 0.4) is 0 Å². The van der Waals surface area contributed by atoms with E-state index < -0.39 is 47.1 Å². The van der Waals surface area contributed by atoms with Crippen molar-refractivity contribution in [2.75, 3.05) is 12.1 Å². The second kappa shape index (κ2) is 8.06. The molecule has 0 aromatic heterocycles. The van der Waals surface area contributed by atoms with Crippen molar-refractivity contribution in [1.29, 1.82) is 0 Å². The van der Waals surface area contributed by atoms with Gasteiger partial charge in [0.15, 0.2) is 11.5 Å². The zero-order valence-electron chi connectivity index (χ0n) is 19.6. The highest BCUT2D eigenvalue weighted by Crippen LogP contribution is 2.54. The molecular weight excluding hydrogens is 466 g/mol. The van der Waals surface area contributed by atoms with Crippen LogP contribution in [0, 0.1) is 11.8 Å². The average Bonchev–Trinajstić information content (AvgIpc) is 3.59. The Hall–Kier alpha value is -3.92. The second-order valence-electron chi connectivity index (χ2n) is 9.63. The lowest BCUT2D eigenvalue weighted by atomic mass is 9.76. The first-order valence-corrected chi connectivity index (χ1v) is 12.0. The van der Waals surface area contributed by atoms with E-state index in [0.29, 0.717) is 28.3 Å². The number of ether oxygens (including phenoxy) is 2. The van der Waals surface area contributed by atoms with E-state index in [1.807, 2.05) is 25.1 Å². The molecule has 10 heteroatoms. The highest BCUT2D eigenvalue weighted by molar-refractivity contribution is 6.15. The fourth-order valence-electron chi connectivity index (χ4n) is 6.03. The molecule has 6 rings (SSSR count). The molecule has 2 fully saturated rings. The molecular formula is C26H25N3O7. The van der Waals surface area contributed by atoms with Crippen molar-refractivity contribution in [2.24, 2.45) is 11.8 Å². The van der Waals surface area contributed by atoms with Gasteiger partial charge < -0.3 is 19.9 Å². The minimum Gasteiger partial charge on any atom is -0.481 e. The predicted octanol–water partition coefficient (Wildman–Crippen LogP) is 1.76. The lowest BCUT2D eigenvalue weighted by molar-refractivity contribution is -0.144. The summed E-state index contributed by atoms with van der Waals surface area (Å²) in [6.07, 6.45) is 0.659. The summed E-state index contributed by atoms with van der Waals surface area (Å²) in [6, 6.07) is 10.2. The Kier molecular flexibility index (Phi) is 5.04. The first kappa shape index (κ1) is 22.5. The van der Waals surface area contributed by atoms with E-state index in [-0.39, 0.29) is 26.2 Å². The summed E-state index contributed by atoms with van der Waals surface area (Å²) < 4.78 is 10.8. The molecule has 10 nitrogen and oxygen atoms in total. The molecule has 4 atom stereocenters. The molecule has 3 amide bonds. The first-order valence-electron chi connectivity index (χ1n) is 12.0. The van der Waals surface area contributed by atoms with Crippen molar-refractivity contribution in [3.05, 3.63) is 53.1 Å². The zero-order chi connectivity index (χ0) is 25.2. The normalized spacial score (nSPS) is 27.5. The van der Waals surface area contributed by atoms with Crippen molar-refractivity contribution >= 4 is 29.4 Å². The Bertz CT molecular complexity index is 1320. The lowest BCUT2D eigenvalue weighted by Crippen LogP contribution is -2.53. The number of nitrogens with zero attached hydrogens (tertiary/aromatic N) is 1. The van der Waals surface area contributed by atoms with Gasteiger partial charge in [-0.25, -0.2) is 0 Å². The van der Waals surface area contributed by atoms with Crippen LogP contribution in [0.5, 0.6) is 11.5 Å². The molecule has 1 spiro atoms. The van der Waals surface area contributed by atoms with Crippen LogP contribution in [0.25, 0.3) is 0 Å². The van der Waals surface area contributed by atoms with E-state index in [1.165, 1.54) is 4.90 Å². The number of amides is 3. The van der Waals surface area contributed by atoms with Gasteiger partial charge in [-0.2, -0.15) is 0 Å². The summed E-state index contributed by atoms with van der Waals surface area (Å²) in [6.45, 7) is 2.13. The number of imide groups is 1.